The smallest absolute Gasteiger partial charge is 0.0954 e. The van der Waals surface area contributed by atoms with Crippen LogP contribution in [-0.2, 0) is 11.8 Å². The Morgan fingerprint density at radius 1 is 1.38 bits per heavy atom. The molecule has 0 amide bonds. The zero-order valence-electron chi connectivity index (χ0n) is 12.5. The van der Waals surface area contributed by atoms with Crippen molar-refractivity contribution in [3.05, 3.63) is 44.8 Å². The Kier molecular flexibility index (Phi) is 5.88. The summed E-state index contributed by atoms with van der Waals surface area (Å²) < 4.78 is 1.07. The Labute approximate surface area is 143 Å². The van der Waals surface area contributed by atoms with Crippen LogP contribution in [0.25, 0.3) is 0 Å². The summed E-state index contributed by atoms with van der Waals surface area (Å²) in [7, 11) is 0. The summed E-state index contributed by atoms with van der Waals surface area (Å²) in [5.74, 6) is 0.681. The van der Waals surface area contributed by atoms with E-state index in [1.54, 1.807) is 23.1 Å². The Balaban J connectivity index is 1.87. The van der Waals surface area contributed by atoms with Gasteiger partial charge in [-0.25, -0.2) is 4.98 Å². The monoisotopic (exact) mass is 385 g/mol. The number of halogens is 1. The van der Waals surface area contributed by atoms with Gasteiger partial charge in [-0.3, -0.25) is 0 Å². The third kappa shape index (κ3) is 5.40. The summed E-state index contributed by atoms with van der Waals surface area (Å²) in [6, 6.07) is 8.14. The van der Waals surface area contributed by atoms with Crippen LogP contribution in [0.2, 0.25) is 0 Å². The fourth-order valence-corrected chi connectivity index (χ4v) is 4.29. The largest absolute Gasteiger partial charge is 0.392 e. The van der Waals surface area contributed by atoms with Gasteiger partial charge < -0.3 is 5.11 Å². The molecule has 0 spiro atoms. The Morgan fingerprint density at radius 3 is 2.76 bits per heavy atom. The van der Waals surface area contributed by atoms with Crippen LogP contribution in [-0.4, -0.2) is 21.9 Å². The van der Waals surface area contributed by atoms with E-state index in [-0.39, 0.29) is 11.5 Å². The molecular weight excluding hydrogens is 366 g/mol. The van der Waals surface area contributed by atoms with Crippen molar-refractivity contribution in [3.63, 3.8) is 0 Å². The van der Waals surface area contributed by atoms with Crippen LogP contribution >= 0.6 is 39.0 Å². The summed E-state index contributed by atoms with van der Waals surface area (Å²) in [5.41, 5.74) is 1.18. The summed E-state index contributed by atoms with van der Waals surface area (Å²) in [6.45, 7) is 6.47. The molecule has 1 N–H and O–H groups in total. The first kappa shape index (κ1) is 17.0. The maximum atomic E-state index is 10.2. The lowest BCUT2D eigenvalue weighted by molar-refractivity contribution is 0.200. The van der Waals surface area contributed by atoms with Crippen molar-refractivity contribution in [3.8, 4) is 0 Å². The average molecular weight is 386 g/mol. The first-order valence-electron chi connectivity index (χ1n) is 6.86. The van der Waals surface area contributed by atoms with Crippen LogP contribution < -0.4 is 0 Å². The van der Waals surface area contributed by atoms with E-state index in [2.05, 4.69) is 59.2 Å². The van der Waals surface area contributed by atoms with Gasteiger partial charge in [0.1, 0.15) is 0 Å². The molecule has 0 fully saturated rings. The van der Waals surface area contributed by atoms with Crippen molar-refractivity contribution in [2.45, 2.75) is 43.6 Å². The number of thioether (sulfide) groups is 1. The third-order valence-corrected chi connectivity index (χ3v) is 5.47. The molecule has 0 saturated carbocycles. The van der Waals surface area contributed by atoms with E-state index in [0.717, 1.165) is 20.1 Å². The van der Waals surface area contributed by atoms with Gasteiger partial charge in [0.05, 0.1) is 16.8 Å². The molecule has 1 atom stereocenters. The number of hydrogen-bond acceptors (Lipinski definition) is 4. The molecule has 0 aliphatic carbocycles. The van der Waals surface area contributed by atoms with Gasteiger partial charge in [0.25, 0.3) is 0 Å². The molecule has 0 radical (unpaired) electrons. The quantitative estimate of drug-likeness (QED) is 0.742. The number of hydrogen-bond donors (Lipinski definition) is 1. The van der Waals surface area contributed by atoms with Crippen LogP contribution in [0.5, 0.6) is 0 Å². The van der Waals surface area contributed by atoms with Gasteiger partial charge >= 0.3 is 0 Å². The predicted molar refractivity (Wildman–Crippen MR) is 95.4 cm³/mol. The van der Waals surface area contributed by atoms with Crippen molar-refractivity contribution in [1.82, 2.24) is 4.98 Å². The van der Waals surface area contributed by atoms with E-state index in [1.165, 1.54) is 0 Å². The van der Waals surface area contributed by atoms with Crippen LogP contribution in [0.4, 0.5) is 0 Å². The molecule has 2 rings (SSSR count). The number of benzene rings is 1. The van der Waals surface area contributed by atoms with Crippen molar-refractivity contribution in [1.29, 1.82) is 0 Å². The summed E-state index contributed by atoms with van der Waals surface area (Å²) in [5, 5.41) is 13.3. The van der Waals surface area contributed by atoms with Crippen LogP contribution in [0.1, 0.15) is 31.5 Å². The van der Waals surface area contributed by atoms with Gasteiger partial charge in [0.15, 0.2) is 0 Å². The second kappa shape index (κ2) is 7.27. The molecule has 0 bridgehead atoms. The second-order valence-electron chi connectivity index (χ2n) is 6.00. The second-order valence-corrected chi connectivity index (χ2v) is 8.95. The van der Waals surface area contributed by atoms with Gasteiger partial charge in [0.2, 0.25) is 0 Å². The lowest BCUT2D eigenvalue weighted by Crippen LogP contribution is -2.15. The van der Waals surface area contributed by atoms with Gasteiger partial charge in [-0.05, 0) is 18.2 Å². The van der Waals surface area contributed by atoms with Gasteiger partial charge in [-0.1, -0.05) is 42.8 Å². The van der Waals surface area contributed by atoms with Crippen molar-refractivity contribution in [2.24, 2.45) is 0 Å². The van der Waals surface area contributed by atoms with E-state index in [9.17, 15) is 5.11 Å². The summed E-state index contributed by atoms with van der Waals surface area (Å²) in [6.07, 6.45) is 0.259. The normalized spacial score (nSPS) is 13.4. The Bertz CT molecular complexity index is 592. The fourth-order valence-electron chi connectivity index (χ4n) is 1.76. The molecule has 2 nitrogen and oxygen atoms in total. The minimum Gasteiger partial charge on any atom is -0.392 e. The van der Waals surface area contributed by atoms with E-state index in [1.807, 2.05) is 12.1 Å². The Morgan fingerprint density at radius 2 is 2.14 bits per heavy atom. The molecule has 0 aliphatic heterocycles. The maximum absolute atomic E-state index is 10.2. The molecule has 114 valence electrons. The number of rotatable bonds is 5. The molecule has 5 heteroatoms. The lowest BCUT2D eigenvalue weighted by atomic mass is 9.93. The van der Waals surface area contributed by atoms with E-state index in [4.69, 9.17) is 0 Å². The van der Waals surface area contributed by atoms with Crippen molar-refractivity contribution in [2.75, 3.05) is 5.75 Å². The molecule has 2 aromatic rings. The molecule has 0 aliphatic rings. The van der Waals surface area contributed by atoms with Crippen LogP contribution in [0, 0.1) is 0 Å². The lowest BCUT2D eigenvalue weighted by Gasteiger charge is -2.14. The topological polar surface area (TPSA) is 33.1 Å². The molecule has 1 unspecified atom stereocenters. The van der Waals surface area contributed by atoms with Gasteiger partial charge in [-0.2, -0.15) is 0 Å². The third-order valence-electron chi connectivity index (χ3n) is 2.97. The van der Waals surface area contributed by atoms with Gasteiger partial charge in [-0.15, -0.1) is 23.1 Å². The highest BCUT2D eigenvalue weighted by atomic mass is 79.9. The molecule has 1 aromatic carbocycles. The average Bonchev–Trinajstić information content (AvgIpc) is 2.85. The zero-order chi connectivity index (χ0) is 15.5. The zero-order valence-corrected chi connectivity index (χ0v) is 15.7. The SMILES string of the molecule is CC(C)(C)c1csc(CC(O)CSc2cccc(Br)c2)n1. The molecule has 1 aromatic heterocycles. The van der Waals surface area contributed by atoms with E-state index >= 15 is 0 Å². The van der Waals surface area contributed by atoms with E-state index < -0.39 is 0 Å². The minimum atomic E-state index is -0.368. The molecule has 21 heavy (non-hydrogen) atoms. The van der Waals surface area contributed by atoms with Crippen LogP contribution in [0.15, 0.2) is 39.0 Å². The number of nitrogens with zero attached hydrogens (tertiary/aromatic N) is 1. The van der Waals surface area contributed by atoms with Crippen LogP contribution in [0.3, 0.4) is 0 Å². The highest BCUT2D eigenvalue weighted by Gasteiger charge is 2.18. The molecule has 1 heterocycles. The Hall–Kier alpha value is -0.360. The van der Waals surface area contributed by atoms with E-state index in [0.29, 0.717) is 12.2 Å². The number of aliphatic hydroxyl groups excluding tert-OH is 1. The highest BCUT2D eigenvalue weighted by Crippen LogP contribution is 2.26. The standard InChI is InChI=1S/C16H20BrNOS2/c1-16(2,3)14-10-21-15(18-14)8-12(19)9-20-13-6-4-5-11(17)7-13/h4-7,10,12,19H,8-9H2,1-3H3. The number of aromatic nitrogens is 1. The minimum absolute atomic E-state index is 0.0742. The summed E-state index contributed by atoms with van der Waals surface area (Å²) >= 11 is 6.77. The molecule has 0 saturated heterocycles. The first-order chi connectivity index (χ1) is 9.84. The number of aliphatic hydroxyl groups is 1. The predicted octanol–water partition coefficient (Wildman–Crippen LogP) is 4.90. The van der Waals surface area contributed by atoms with Crippen molar-refractivity contribution >= 4 is 39.0 Å². The summed E-state index contributed by atoms with van der Waals surface area (Å²) in [4.78, 5) is 5.80. The molecular formula is C16H20BrNOS2. The first-order valence-corrected chi connectivity index (χ1v) is 9.52. The highest BCUT2D eigenvalue weighted by molar-refractivity contribution is 9.10. The van der Waals surface area contributed by atoms with Crippen molar-refractivity contribution < 1.29 is 5.11 Å². The van der Waals surface area contributed by atoms with Gasteiger partial charge in [0, 0.05) is 32.3 Å². The fraction of sp³-hybridized carbons (Fsp3) is 0.438. The number of thiazole rings is 1. The maximum Gasteiger partial charge on any atom is 0.0954 e.